The lowest BCUT2D eigenvalue weighted by molar-refractivity contribution is 0.253. The third-order valence-corrected chi connectivity index (χ3v) is 3.64. The van der Waals surface area contributed by atoms with Crippen LogP contribution in [0.25, 0.3) is 0 Å². The zero-order chi connectivity index (χ0) is 11.5. The molecule has 0 radical (unpaired) electrons. The zero-order valence-corrected chi connectivity index (χ0v) is 10.6. The zero-order valence-electron chi connectivity index (χ0n) is 10.6. The molecule has 2 rings (SSSR count). The van der Waals surface area contributed by atoms with Crippen molar-refractivity contribution in [1.82, 2.24) is 4.90 Å². The lowest BCUT2D eigenvalue weighted by Crippen LogP contribution is -2.41. The van der Waals surface area contributed by atoms with Gasteiger partial charge in [-0.15, -0.1) is 0 Å². The molecule has 0 amide bonds. The minimum Gasteiger partial charge on any atom is -0.372 e. The highest BCUT2D eigenvalue weighted by Crippen LogP contribution is 2.22. The van der Waals surface area contributed by atoms with Crippen molar-refractivity contribution in [3.05, 3.63) is 29.8 Å². The van der Waals surface area contributed by atoms with Gasteiger partial charge in [0, 0.05) is 18.8 Å². The van der Waals surface area contributed by atoms with Crippen LogP contribution in [0.3, 0.4) is 0 Å². The summed E-state index contributed by atoms with van der Waals surface area (Å²) in [6, 6.07) is 9.50. The number of anilines is 1. The Hall–Kier alpha value is -1.02. The standard InChI is InChI=1S/C14H22N2/c1-12-5-4-6-14(11-12)16(3)13-7-9-15(2)10-8-13/h4-6,11,13H,7-10H2,1-3H3. The van der Waals surface area contributed by atoms with E-state index in [-0.39, 0.29) is 0 Å². The molecule has 0 aromatic heterocycles. The molecule has 88 valence electrons. The van der Waals surface area contributed by atoms with Gasteiger partial charge in [0.25, 0.3) is 0 Å². The maximum Gasteiger partial charge on any atom is 0.0368 e. The van der Waals surface area contributed by atoms with E-state index in [0.29, 0.717) is 6.04 Å². The van der Waals surface area contributed by atoms with Gasteiger partial charge >= 0.3 is 0 Å². The van der Waals surface area contributed by atoms with Gasteiger partial charge in [-0.3, -0.25) is 0 Å². The second-order valence-corrected chi connectivity index (χ2v) is 4.98. The van der Waals surface area contributed by atoms with Crippen LogP contribution in [0.5, 0.6) is 0 Å². The number of piperidine rings is 1. The van der Waals surface area contributed by atoms with Gasteiger partial charge in [0.15, 0.2) is 0 Å². The monoisotopic (exact) mass is 218 g/mol. The lowest BCUT2D eigenvalue weighted by atomic mass is 10.0. The predicted molar refractivity (Wildman–Crippen MR) is 70.1 cm³/mol. The van der Waals surface area contributed by atoms with Gasteiger partial charge in [0.1, 0.15) is 0 Å². The third kappa shape index (κ3) is 2.56. The molecule has 1 aromatic rings. The van der Waals surface area contributed by atoms with Crippen molar-refractivity contribution in [2.45, 2.75) is 25.8 Å². The molecule has 1 saturated heterocycles. The summed E-state index contributed by atoms with van der Waals surface area (Å²) in [6.45, 7) is 4.60. The third-order valence-electron chi connectivity index (χ3n) is 3.64. The maximum absolute atomic E-state index is 2.44. The normalized spacial score (nSPS) is 18.7. The number of benzene rings is 1. The van der Waals surface area contributed by atoms with Crippen LogP contribution in [0.15, 0.2) is 24.3 Å². The molecule has 0 atom stereocenters. The van der Waals surface area contributed by atoms with Crippen LogP contribution in [0.4, 0.5) is 5.69 Å². The largest absolute Gasteiger partial charge is 0.372 e. The molecule has 1 fully saturated rings. The van der Waals surface area contributed by atoms with Gasteiger partial charge in [-0.1, -0.05) is 12.1 Å². The van der Waals surface area contributed by atoms with Crippen molar-refractivity contribution in [3.63, 3.8) is 0 Å². The molecule has 2 nitrogen and oxygen atoms in total. The van der Waals surface area contributed by atoms with Crippen LogP contribution in [-0.2, 0) is 0 Å². The summed E-state index contributed by atoms with van der Waals surface area (Å²) in [5, 5.41) is 0. The van der Waals surface area contributed by atoms with Gasteiger partial charge in [-0.05, 0) is 57.6 Å². The van der Waals surface area contributed by atoms with Crippen molar-refractivity contribution in [1.29, 1.82) is 0 Å². The van der Waals surface area contributed by atoms with Crippen molar-refractivity contribution >= 4 is 5.69 Å². The average molecular weight is 218 g/mol. The highest BCUT2D eigenvalue weighted by molar-refractivity contribution is 5.48. The molecule has 1 heterocycles. The second kappa shape index (κ2) is 4.88. The molecule has 0 unspecified atom stereocenters. The topological polar surface area (TPSA) is 6.48 Å². The second-order valence-electron chi connectivity index (χ2n) is 4.98. The fraction of sp³-hybridized carbons (Fsp3) is 0.571. The fourth-order valence-corrected chi connectivity index (χ4v) is 2.44. The molecule has 0 N–H and O–H groups in total. The predicted octanol–water partition coefficient (Wildman–Crippen LogP) is 2.53. The van der Waals surface area contributed by atoms with Gasteiger partial charge in [-0.2, -0.15) is 0 Å². The van der Waals surface area contributed by atoms with Gasteiger partial charge in [-0.25, -0.2) is 0 Å². The van der Waals surface area contributed by atoms with Crippen LogP contribution in [0, 0.1) is 6.92 Å². The molecular formula is C14H22N2. The summed E-state index contributed by atoms with van der Waals surface area (Å²) in [7, 11) is 4.44. The summed E-state index contributed by atoms with van der Waals surface area (Å²) in [6.07, 6.45) is 2.56. The Balaban J connectivity index is 2.04. The van der Waals surface area contributed by atoms with Gasteiger partial charge in [0.05, 0.1) is 0 Å². The van der Waals surface area contributed by atoms with E-state index in [1.54, 1.807) is 0 Å². The van der Waals surface area contributed by atoms with E-state index >= 15 is 0 Å². The highest BCUT2D eigenvalue weighted by Gasteiger charge is 2.20. The number of aryl methyl sites for hydroxylation is 1. The molecule has 1 aliphatic heterocycles. The van der Waals surface area contributed by atoms with Crippen LogP contribution in [0.1, 0.15) is 18.4 Å². The van der Waals surface area contributed by atoms with Crippen molar-refractivity contribution in [2.24, 2.45) is 0 Å². The summed E-state index contributed by atoms with van der Waals surface area (Å²) in [4.78, 5) is 4.86. The molecule has 2 heteroatoms. The van der Waals surface area contributed by atoms with E-state index in [9.17, 15) is 0 Å². The Morgan fingerprint density at radius 3 is 2.56 bits per heavy atom. The Morgan fingerprint density at radius 1 is 1.25 bits per heavy atom. The van der Waals surface area contributed by atoms with Crippen LogP contribution in [-0.4, -0.2) is 38.1 Å². The first-order valence-corrected chi connectivity index (χ1v) is 6.15. The molecule has 1 aliphatic rings. The molecule has 0 spiro atoms. The van der Waals surface area contributed by atoms with E-state index in [2.05, 4.69) is 55.1 Å². The fourth-order valence-electron chi connectivity index (χ4n) is 2.44. The molecular weight excluding hydrogens is 196 g/mol. The summed E-state index contributed by atoms with van der Waals surface area (Å²) in [5.74, 6) is 0. The smallest absolute Gasteiger partial charge is 0.0368 e. The Morgan fingerprint density at radius 2 is 1.94 bits per heavy atom. The quantitative estimate of drug-likeness (QED) is 0.752. The van der Waals surface area contributed by atoms with E-state index in [1.165, 1.54) is 37.2 Å². The van der Waals surface area contributed by atoms with Crippen molar-refractivity contribution < 1.29 is 0 Å². The first kappa shape index (κ1) is 11.5. The lowest BCUT2D eigenvalue weighted by Gasteiger charge is -2.36. The Bertz CT molecular complexity index is 340. The number of likely N-dealkylation sites (tertiary alicyclic amines) is 1. The molecule has 0 saturated carbocycles. The number of hydrogen-bond donors (Lipinski definition) is 0. The van der Waals surface area contributed by atoms with Crippen LogP contribution >= 0.6 is 0 Å². The SMILES string of the molecule is Cc1cccc(N(C)C2CCN(C)CC2)c1. The highest BCUT2D eigenvalue weighted by atomic mass is 15.2. The Kier molecular flexibility index (Phi) is 3.49. The molecule has 0 aliphatic carbocycles. The number of hydrogen-bond acceptors (Lipinski definition) is 2. The van der Waals surface area contributed by atoms with Crippen LogP contribution in [0.2, 0.25) is 0 Å². The van der Waals surface area contributed by atoms with E-state index < -0.39 is 0 Å². The van der Waals surface area contributed by atoms with E-state index in [1.807, 2.05) is 0 Å². The minimum absolute atomic E-state index is 0.706. The van der Waals surface area contributed by atoms with Crippen molar-refractivity contribution in [2.75, 3.05) is 32.1 Å². The maximum atomic E-state index is 2.44. The van der Waals surface area contributed by atoms with E-state index in [4.69, 9.17) is 0 Å². The van der Waals surface area contributed by atoms with Gasteiger partial charge < -0.3 is 9.80 Å². The van der Waals surface area contributed by atoms with Crippen LogP contribution < -0.4 is 4.90 Å². The summed E-state index contributed by atoms with van der Waals surface area (Å²) < 4.78 is 0. The number of rotatable bonds is 2. The minimum atomic E-state index is 0.706. The molecule has 16 heavy (non-hydrogen) atoms. The van der Waals surface area contributed by atoms with Crippen molar-refractivity contribution in [3.8, 4) is 0 Å². The molecule has 1 aromatic carbocycles. The average Bonchev–Trinajstić information content (AvgIpc) is 2.29. The van der Waals surface area contributed by atoms with E-state index in [0.717, 1.165) is 0 Å². The summed E-state index contributed by atoms with van der Waals surface area (Å²) in [5.41, 5.74) is 2.70. The first-order chi connectivity index (χ1) is 7.66. The van der Waals surface area contributed by atoms with Gasteiger partial charge in [0.2, 0.25) is 0 Å². The first-order valence-electron chi connectivity index (χ1n) is 6.15. The number of nitrogens with zero attached hydrogens (tertiary/aromatic N) is 2. The Labute approximate surface area is 98.9 Å². The molecule has 0 bridgehead atoms. The summed E-state index contributed by atoms with van der Waals surface area (Å²) >= 11 is 0.